The Hall–Kier alpha value is -1.43. The van der Waals surface area contributed by atoms with E-state index in [2.05, 4.69) is 10.3 Å². The van der Waals surface area contributed by atoms with Crippen LogP contribution in [0.1, 0.15) is 63.0 Å². The Bertz CT molecular complexity index is 450. The lowest BCUT2D eigenvalue weighted by Crippen LogP contribution is -2.35. The Morgan fingerprint density at radius 1 is 1.42 bits per heavy atom. The molecular weight excluding hydrogens is 244 g/mol. The standard InChI is InChI=1S/C13H22N4O2/c1-13(2,3)19-12(18)10-8-17(16-15-10)11-7-5-4-6-9(11)14/h8-9,11H,4-7,14H2,1-3H3/t9-,11+/m0/s1. The maximum Gasteiger partial charge on any atom is 0.361 e. The van der Waals surface area contributed by atoms with E-state index in [1.807, 2.05) is 20.8 Å². The van der Waals surface area contributed by atoms with Crippen LogP contribution < -0.4 is 5.73 Å². The van der Waals surface area contributed by atoms with Crippen molar-refractivity contribution in [3.63, 3.8) is 0 Å². The summed E-state index contributed by atoms with van der Waals surface area (Å²) in [6.07, 6.45) is 5.92. The summed E-state index contributed by atoms with van der Waals surface area (Å²) in [5.74, 6) is -0.442. The number of hydrogen-bond donors (Lipinski definition) is 1. The van der Waals surface area contributed by atoms with Crippen molar-refractivity contribution in [3.8, 4) is 0 Å². The maximum atomic E-state index is 11.9. The fourth-order valence-electron chi connectivity index (χ4n) is 2.33. The van der Waals surface area contributed by atoms with Gasteiger partial charge < -0.3 is 10.5 Å². The molecule has 0 aromatic carbocycles. The number of carbonyl (C=O) groups is 1. The van der Waals surface area contributed by atoms with Crippen molar-refractivity contribution in [1.82, 2.24) is 15.0 Å². The number of rotatable bonds is 2. The molecular formula is C13H22N4O2. The largest absolute Gasteiger partial charge is 0.455 e. The molecule has 0 saturated heterocycles. The molecule has 6 heteroatoms. The summed E-state index contributed by atoms with van der Waals surface area (Å²) in [5, 5.41) is 7.92. The van der Waals surface area contributed by atoms with Gasteiger partial charge in [0.25, 0.3) is 0 Å². The molecule has 1 aromatic heterocycles. The molecule has 106 valence electrons. The van der Waals surface area contributed by atoms with E-state index in [0.717, 1.165) is 25.7 Å². The van der Waals surface area contributed by atoms with Crippen molar-refractivity contribution in [1.29, 1.82) is 0 Å². The van der Waals surface area contributed by atoms with Gasteiger partial charge in [-0.15, -0.1) is 5.10 Å². The predicted molar refractivity (Wildman–Crippen MR) is 70.7 cm³/mol. The van der Waals surface area contributed by atoms with Gasteiger partial charge in [0.15, 0.2) is 5.69 Å². The average Bonchev–Trinajstić information content (AvgIpc) is 2.76. The van der Waals surface area contributed by atoms with Crippen molar-refractivity contribution in [2.24, 2.45) is 5.73 Å². The third kappa shape index (κ3) is 3.53. The van der Waals surface area contributed by atoms with Gasteiger partial charge in [-0.05, 0) is 33.6 Å². The molecule has 6 nitrogen and oxygen atoms in total. The first kappa shape index (κ1) is 14.0. The summed E-state index contributed by atoms with van der Waals surface area (Å²) in [4.78, 5) is 11.9. The molecule has 0 unspecified atom stereocenters. The number of aromatic nitrogens is 3. The average molecular weight is 266 g/mol. The van der Waals surface area contributed by atoms with Crippen LogP contribution in [0.2, 0.25) is 0 Å². The van der Waals surface area contributed by atoms with Gasteiger partial charge in [0.2, 0.25) is 0 Å². The highest BCUT2D eigenvalue weighted by atomic mass is 16.6. The molecule has 1 aromatic rings. The van der Waals surface area contributed by atoms with Gasteiger partial charge >= 0.3 is 5.97 Å². The topological polar surface area (TPSA) is 83.0 Å². The highest BCUT2D eigenvalue weighted by molar-refractivity contribution is 5.87. The lowest BCUT2D eigenvalue weighted by atomic mass is 9.91. The Morgan fingerprint density at radius 2 is 2.11 bits per heavy atom. The van der Waals surface area contributed by atoms with Gasteiger partial charge in [0, 0.05) is 6.04 Å². The highest BCUT2D eigenvalue weighted by Crippen LogP contribution is 2.26. The first-order valence-corrected chi connectivity index (χ1v) is 6.77. The Labute approximate surface area is 113 Å². The number of nitrogens with zero attached hydrogens (tertiary/aromatic N) is 3. The minimum Gasteiger partial charge on any atom is -0.455 e. The van der Waals surface area contributed by atoms with E-state index in [-0.39, 0.29) is 17.8 Å². The first-order valence-electron chi connectivity index (χ1n) is 6.77. The molecule has 1 aliphatic carbocycles. The molecule has 19 heavy (non-hydrogen) atoms. The molecule has 0 aliphatic heterocycles. The summed E-state index contributed by atoms with van der Waals surface area (Å²) >= 11 is 0. The normalized spacial score (nSPS) is 24.2. The molecule has 1 aliphatic rings. The summed E-state index contributed by atoms with van der Waals surface area (Å²) in [7, 11) is 0. The predicted octanol–water partition coefficient (Wildman–Crippen LogP) is 1.68. The zero-order valence-corrected chi connectivity index (χ0v) is 11.8. The van der Waals surface area contributed by atoms with Crippen LogP contribution in [0.5, 0.6) is 0 Å². The molecule has 1 heterocycles. The zero-order chi connectivity index (χ0) is 14.0. The summed E-state index contributed by atoms with van der Waals surface area (Å²) in [6.45, 7) is 5.48. The monoisotopic (exact) mass is 266 g/mol. The molecule has 0 bridgehead atoms. The number of ether oxygens (including phenoxy) is 1. The second-order valence-electron chi connectivity index (χ2n) is 6.10. The van der Waals surface area contributed by atoms with Gasteiger partial charge in [0.05, 0.1) is 12.2 Å². The van der Waals surface area contributed by atoms with Crippen LogP contribution in [0.15, 0.2) is 6.20 Å². The number of hydrogen-bond acceptors (Lipinski definition) is 5. The van der Waals surface area contributed by atoms with E-state index < -0.39 is 11.6 Å². The van der Waals surface area contributed by atoms with Crippen LogP contribution in [-0.4, -0.2) is 32.6 Å². The van der Waals surface area contributed by atoms with Crippen LogP contribution in [0.3, 0.4) is 0 Å². The molecule has 2 N–H and O–H groups in total. The summed E-state index contributed by atoms with van der Waals surface area (Å²) < 4.78 is 6.98. The summed E-state index contributed by atoms with van der Waals surface area (Å²) in [6, 6.07) is 0.222. The molecule has 1 fully saturated rings. The third-order valence-corrected chi connectivity index (χ3v) is 3.24. The Kier molecular flexibility index (Phi) is 3.89. The van der Waals surface area contributed by atoms with Crippen molar-refractivity contribution in [3.05, 3.63) is 11.9 Å². The number of nitrogens with two attached hydrogens (primary N) is 1. The van der Waals surface area contributed by atoms with Crippen molar-refractivity contribution in [2.75, 3.05) is 0 Å². The van der Waals surface area contributed by atoms with Gasteiger partial charge in [0.1, 0.15) is 5.60 Å². The fraction of sp³-hybridized carbons (Fsp3) is 0.769. The van der Waals surface area contributed by atoms with E-state index in [1.165, 1.54) is 0 Å². The van der Waals surface area contributed by atoms with Gasteiger partial charge in [-0.2, -0.15) is 0 Å². The van der Waals surface area contributed by atoms with Crippen LogP contribution in [-0.2, 0) is 4.74 Å². The lowest BCUT2D eigenvalue weighted by Gasteiger charge is -2.28. The van der Waals surface area contributed by atoms with Gasteiger partial charge in [-0.25, -0.2) is 9.48 Å². The molecule has 0 amide bonds. The lowest BCUT2D eigenvalue weighted by molar-refractivity contribution is 0.00626. The van der Waals surface area contributed by atoms with E-state index in [0.29, 0.717) is 0 Å². The molecule has 2 rings (SSSR count). The van der Waals surface area contributed by atoms with E-state index in [1.54, 1.807) is 10.9 Å². The summed E-state index contributed by atoms with van der Waals surface area (Å²) in [5.41, 5.74) is 5.81. The van der Waals surface area contributed by atoms with Crippen molar-refractivity contribution < 1.29 is 9.53 Å². The fourth-order valence-corrected chi connectivity index (χ4v) is 2.33. The van der Waals surface area contributed by atoms with E-state index >= 15 is 0 Å². The van der Waals surface area contributed by atoms with Crippen LogP contribution in [0.25, 0.3) is 0 Å². The van der Waals surface area contributed by atoms with Crippen molar-refractivity contribution >= 4 is 5.97 Å². The van der Waals surface area contributed by atoms with Crippen LogP contribution in [0, 0.1) is 0 Å². The van der Waals surface area contributed by atoms with Crippen LogP contribution in [0.4, 0.5) is 0 Å². The highest BCUT2D eigenvalue weighted by Gasteiger charge is 2.26. The van der Waals surface area contributed by atoms with Gasteiger partial charge in [-0.3, -0.25) is 0 Å². The zero-order valence-electron chi connectivity index (χ0n) is 11.8. The first-order chi connectivity index (χ1) is 8.87. The van der Waals surface area contributed by atoms with Crippen LogP contribution >= 0.6 is 0 Å². The number of carbonyl (C=O) groups excluding carboxylic acids is 1. The Balaban J connectivity index is 2.08. The number of esters is 1. The minimum absolute atomic E-state index is 0.0851. The molecule has 2 atom stereocenters. The molecule has 1 saturated carbocycles. The second-order valence-corrected chi connectivity index (χ2v) is 6.10. The van der Waals surface area contributed by atoms with Crippen molar-refractivity contribution in [2.45, 2.75) is 64.1 Å². The third-order valence-electron chi connectivity index (χ3n) is 3.24. The second kappa shape index (κ2) is 5.28. The SMILES string of the molecule is CC(C)(C)OC(=O)c1cn([C@@H]2CCCC[C@@H]2N)nn1. The van der Waals surface area contributed by atoms with E-state index in [4.69, 9.17) is 10.5 Å². The smallest absolute Gasteiger partial charge is 0.361 e. The molecule has 0 radical (unpaired) electrons. The Morgan fingerprint density at radius 3 is 2.74 bits per heavy atom. The quantitative estimate of drug-likeness (QED) is 0.823. The van der Waals surface area contributed by atoms with Gasteiger partial charge in [-0.1, -0.05) is 18.1 Å². The molecule has 0 spiro atoms. The minimum atomic E-state index is -0.526. The maximum absolute atomic E-state index is 11.9. The van der Waals surface area contributed by atoms with E-state index in [9.17, 15) is 4.79 Å².